The van der Waals surface area contributed by atoms with Gasteiger partial charge in [0, 0.05) is 22.6 Å². The second kappa shape index (κ2) is 13.8. The van der Waals surface area contributed by atoms with Crippen molar-refractivity contribution in [2.24, 2.45) is 5.41 Å². The fraction of sp³-hybridized carbons (Fsp3) is 0.559. The van der Waals surface area contributed by atoms with Crippen LogP contribution in [0.25, 0.3) is 0 Å². The number of carbonyl (C=O) groups excluding carboxylic acids is 1. The SMILES string of the molecule is C=CCC1(C)CC(c2cccc(Cl)c2)C(c2ccc(Cl)cc2)N(C(CC)C(O)CCCO[Si](C)(C)C(C)(C)C)C1=O. The van der Waals surface area contributed by atoms with Crippen molar-refractivity contribution in [1.29, 1.82) is 0 Å². The van der Waals surface area contributed by atoms with E-state index in [1.54, 1.807) is 0 Å². The summed E-state index contributed by atoms with van der Waals surface area (Å²) in [5.74, 6) is 0.0275. The predicted octanol–water partition coefficient (Wildman–Crippen LogP) is 9.57. The van der Waals surface area contributed by atoms with Gasteiger partial charge in [0.2, 0.25) is 5.91 Å². The summed E-state index contributed by atoms with van der Waals surface area (Å²) < 4.78 is 6.39. The van der Waals surface area contributed by atoms with Gasteiger partial charge in [-0.2, -0.15) is 0 Å². The number of allylic oxidation sites excluding steroid dienone is 1. The van der Waals surface area contributed by atoms with E-state index in [1.807, 2.05) is 60.4 Å². The number of amides is 1. The lowest BCUT2D eigenvalue weighted by molar-refractivity contribution is -0.158. The van der Waals surface area contributed by atoms with Crippen LogP contribution < -0.4 is 0 Å². The molecular weight excluding hydrogens is 569 g/mol. The lowest BCUT2D eigenvalue weighted by Gasteiger charge is -2.53. The highest BCUT2D eigenvalue weighted by atomic mass is 35.5. The van der Waals surface area contributed by atoms with Gasteiger partial charge in [0.15, 0.2) is 8.32 Å². The maximum absolute atomic E-state index is 14.5. The Morgan fingerprint density at radius 2 is 1.80 bits per heavy atom. The Bertz CT molecular complexity index is 1180. The Hall–Kier alpha value is -1.63. The largest absolute Gasteiger partial charge is 0.417 e. The van der Waals surface area contributed by atoms with Crippen LogP contribution in [0.2, 0.25) is 28.2 Å². The molecule has 0 aliphatic carbocycles. The molecule has 1 aliphatic rings. The van der Waals surface area contributed by atoms with Gasteiger partial charge in [0.1, 0.15) is 0 Å². The zero-order chi connectivity index (χ0) is 30.6. The number of nitrogens with zero attached hydrogens (tertiary/aromatic N) is 1. The summed E-state index contributed by atoms with van der Waals surface area (Å²) in [6.07, 6.45) is 4.28. The molecule has 0 saturated carbocycles. The molecule has 1 fully saturated rings. The fourth-order valence-electron chi connectivity index (χ4n) is 5.94. The van der Waals surface area contributed by atoms with E-state index in [0.29, 0.717) is 42.3 Å². The summed E-state index contributed by atoms with van der Waals surface area (Å²) >= 11 is 12.8. The molecule has 0 spiro atoms. The molecule has 0 radical (unpaired) electrons. The molecule has 3 rings (SSSR count). The molecule has 1 saturated heterocycles. The average Bonchev–Trinajstić information content (AvgIpc) is 2.89. The first-order valence-corrected chi connectivity index (χ1v) is 18.6. The van der Waals surface area contributed by atoms with Crippen LogP contribution in [0.15, 0.2) is 61.2 Å². The second-order valence-electron chi connectivity index (χ2n) is 13.4. The molecule has 7 heteroatoms. The number of piperidine rings is 1. The third-order valence-corrected chi connectivity index (χ3v) is 14.3. The first kappa shape index (κ1) is 33.9. The van der Waals surface area contributed by atoms with Crippen molar-refractivity contribution in [2.45, 2.75) is 109 Å². The maximum Gasteiger partial charge on any atom is 0.229 e. The van der Waals surface area contributed by atoms with Crippen molar-refractivity contribution in [3.8, 4) is 0 Å². The molecule has 0 aromatic heterocycles. The molecule has 226 valence electrons. The number of likely N-dealkylation sites (tertiary alicyclic amines) is 1. The molecular formula is C34H49Cl2NO3Si. The topological polar surface area (TPSA) is 49.8 Å². The van der Waals surface area contributed by atoms with Crippen molar-refractivity contribution in [2.75, 3.05) is 6.61 Å². The molecule has 2 aromatic carbocycles. The van der Waals surface area contributed by atoms with Crippen molar-refractivity contribution in [3.63, 3.8) is 0 Å². The van der Waals surface area contributed by atoms with Crippen LogP contribution >= 0.6 is 23.2 Å². The second-order valence-corrected chi connectivity index (χ2v) is 19.1. The third-order valence-electron chi connectivity index (χ3n) is 9.32. The zero-order valence-electron chi connectivity index (χ0n) is 25.9. The predicted molar refractivity (Wildman–Crippen MR) is 175 cm³/mol. The van der Waals surface area contributed by atoms with Crippen LogP contribution in [0.1, 0.15) is 89.8 Å². The van der Waals surface area contributed by atoms with Gasteiger partial charge in [-0.3, -0.25) is 4.79 Å². The van der Waals surface area contributed by atoms with Crippen LogP contribution in [-0.2, 0) is 9.22 Å². The summed E-state index contributed by atoms with van der Waals surface area (Å²) in [6, 6.07) is 15.1. The molecule has 2 aromatic rings. The smallest absolute Gasteiger partial charge is 0.229 e. The van der Waals surface area contributed by atoms with E-state index in [0.717, 1.165) is 17.5 Å². The molecule has 1 heterocycles. The van der Waals surface area contributed by atoms with Gasteiger partial charge >= 0.3 is 0 Å². The highest BCUT2D eigenvalue weighted by Gasteiger charge is 2.51. The first-order valence-electron chi connectivity index (χ1n) is 14.9. The van der Waals surface area contributed by atoms with E-state index in [-0.39, 0.29) is 28.9 Å². The summed E-state index contributed by atoms with van der Waals surface area (Å²) in [6.45, 7) is 19.9. The van der Waals surface area contributed by atoms with E-state index in [9.17, 15) is 9.90 Å². The van der Waals surface area contributed by atoms with Crippen LogP contribution in [0, 0.1) is 5.41 Å². The van der Waals surface area contributed by atoms with E-state index in [2.05, 4.69) is 53.4 Å². The minimum absolute atomic E-state index is 0.0271. The fourth-order valence-corrected chi connectivity index (χ4v) is 7.35. The molecule has 4 nitrogen and oxygen atoms in total. The van der Waals surface area contributed by atoms with Crippen molar-refractivity contribution in [3.05, 3.63) is 82.4 Å². The number of hydrogen-bond donors (Lipinski definition) is 1. The van der Waals surface area contributed by atoms with Gasteiger partial charge in [0.05, 0.1) is 23.6 Å². The van der Waals surface area contributed by atoms with E-state index in [4.69, 9.17) is 27.6 Å². The van der Waals surface area contributed by atoms with Crippen molar-refractivity contribution >= 4 is 37.4 Å². The zero-order valence-corrected chi connectivity index (χ0v) is 28.4. The Morgan fingerprint density at radius 1 is 1.15 bits per heavy atom. The van der Waals surface area contributed by atoms with Crippen LogP contribution in [0.4, 0.5) is 0 Å². The summed E-state index contributed by atoms with van der Waals surface area (Å²) in [5, 5.41) is 13.1. The molecule has 0 bridgehead atoms. The lowest BCUT2D eigenvalue weighted by atomic mass is 9.66. The Morgan fingerprint density at radius 3 is 2.37 bits per heavy atom. The number of rotatable bonds is 12. The number of carbonyl (C=O) groups is 1. The molecule has 5 atom stereocenters. The molecule has 1 aliphatic heterocycles. The van der Waals surface area contributed by atoms with Gasteiger partial charge in [-0.15, -0.1) is 6.58 Å². The highest BCUT2D eigenvalue weighted by molar-refractivity contribution is 6.74. The Balaban J connectivity index is 2.01. The molecule has 41 heavy (non-hydrogen) atoms. The third kappa shape index (κ3) is 7.86. The van der Waals surface area contributed by atoms with Gasteiger partial charge in [-0.05, 0) is 85.6 Å². The summed E-state index contributed by atoms with van der Waals surface area (Å²) in [7, 11) is -1.87. The Labute approximate surface area is 259 Å². The van der Waals surface area contributed by atoms with Gasteiger partial charge in [-0.25, -0.2) is 0 Å². The van der Waals surface area contributed by atoms with Gasteiger partial charge in [-0.1, -0.05) is 88.2 Å². The van der Waals surface area contributed by atoms with E-state index >= 15 is 0 Å². The van der Waals surface area contributed by atoms with Crippen LogP contribution in [-0.4, -0.2) is 43.0 Å². The average molecular weight is 619 g/mol. The number of aliphatic hydroxyl groups excluding tert-OH is 1. The first-order chi connectivity index (χ1) is 19.1. The Kier molecular flexibility index (Phi) is 11.4. The standard InChI is InChI=1S/C34H49Cl2NO3Si/c1-9-20-34(6)23-28(25-13-11-14-27(36)22-25)31(24-16-18-26(35)19-17-24)37(32(34)39)29(10-2)30(38)15-12-21-40-41(7,8)33(3,4)5/h9,11,13-14,16-19,22,28-31,38H,1,10,12,15,20-21,23H2,2-8H3. The van der Waals surface area contributed by atoms with Crippen molar-refractivity contribution < 1.29 is 14.3 Å². The molecule has 5 unspecified atom stereocenters. The van der Waals surface area contributed by atoms with E-state index < -0.39 is 19.8 Å². The maximum atomic E-state index is 14.5. The van der Waals surface area contributed by atoms with Gasteiger partial charge < -0.3 is 14.4 Å². The van der Waals surface area contributed by atoms with Crippen molar-refractivity contribution in [1.82, 2.24) is 4.90 Å². The number of benzene rings is 2. The minimum Gasteiger partial charge on any atom is -0.417 e. The summed E-state index contributed by atoms with van der Waals surface area (Å²) in [5.41, 5.74) is 1.42. The minimum atomic E-state index is -1.87. The number of halogens is 2. The van der Waals surface area contributed by atoms with Gasteiger partial charge in [0.25, 0.3) is 0 Å². The van der Waals surface area contributed by atoms with E-state index in [1.165, 1.54) is 0 Å². The normalized spacial score (nSPS) is 23.4. The quantitative estimate of drug-likeness (QED) is 0.146. The highest BCUT2D eigenvalue weighted by Crippen LogP contribution is 2.52. The van der Waals surface area contributed by atoms with Crippen LogP contribution in [0.3, 0.4) is 0 Å². The van der Waals surface area contributed by atoms with Crippen LogP contribution in [0.5, 0.6) is 0 Å². The monoisotopic (exact) mass is 617 g/mol. The molecule has 1 amide bonds. The lowest BCUT2D eigenvalue weighted by Crippen LogP contribution is -2.58. The molecule has 1 N–H and O–H groups in total. The number of aliphatic hydroxyl groups is 1. The number of hydrogen-bond acceptors (Lipinski definition) is 3. The summed E-state index contributed by atoms with van der Waals surface area (Å²) in [4.78, 5) is 16.5.